The second kappa shape index (κ2) is 3.18. The number of rotatable bonds is 1. The van der Waals surface area contributed by atoms with E-state index in [1.54, 1.807) is 0 Å². The normalized spacial score (nSPS) is 11.4. The maximum atomic E-state index is 3.58. The van der Waals surface area contributed by atoms with Gasteiger partial charge in [0.2, 0.25) is 0 Å². The molecule has 1 heterocycles. The predicted molar refractivity (Wildman–Crippen MR) is 60.1 cm³/mol. The number of hydrogen-bond acceptors (Lipinski definition) is 0. The lowest BCUT2D eigenvalue weighted by atomic mass is 10.0. The molecule has 0 bridgehead atoms. The first kappa shape index (κ1) is 8.82. The average Bonchev–Trinajstić information content (AvgIpc) is 2.51. The van der Waals surface area contributed by atoms with E-state index < -0.39 is 0 Å². The van der Waals surface area contributed by atoms with Gasteiger partial charge in [-0.25, -0.2) is 0 Å². The second-order valence-corrected chi connectivity index (χ2v) is 4.45. The highest BCUT2D eigenvalue weighted by Gasteiger charge is 2.04. The highest BCUT2D eigenvalue weighted by Crippen LogP contribution is 2.28. The molecule has 2 aromatic rings. The Labute approximate surface area is 86.3 Å². The summed E-state index contributed by atoms with van der Waals surface area (Å²) in [6.45, 7) is 4.41. The maximum absolute atomic E-state index is 3.58. The molecule has 2 heteroatoms. The lowest BCUT2D eigenvalue weighted by Crippen LogP contribution is -1.87. The third kappa shape index (κ3) is 1.51. The standard InChI is InChI=1S/C11H12BrN/c1-7(2)8-5-10(12)9-3-4-13-11(9)6-8/h3-7,13H,1-2H3. The van der Waals surface area contributed by atoms with Crippen LogP contribution in [0, 0.1) is 0 Å². The molecular weight excluding hydrogens is 226 g/mol. The summed E-state index contributed by atoms with van der Waals surface area (Å²) in [7, 11) is 0. The zero-order chi connectivity index (χ0) is 9.42. The fourth-order valence-corrected chi connectivity index (χ4v) is 2.09. The minimum absolute atomic E-state index is 0.573. The van der Waals surface area contributed by atoms with Crippen molar-refractivity contribution in [2.24, 2.45) is 0 Å². The van der Waals surface area contributed by atoms with Crippen LogP contribution < -0.4 is 0 Å². The van der Waals surface area contributed by atoms with Gasteiger partial charge in [0.1, 0.15) is 0 Å². The van der Waals surface area contributed by atoms with Gasteiger partial charge in [0.05, 0.1) is 0 Å². The van der Waals surface area contributed by atoms with Gasteiger partial charge < -0.3 is 4.98 Å². The van der Waals surface area contributed by atoms with Crippen molar-refractivity contribution < 1.29 is 0 Å². The van der Waals surface area contributed by atoms with E-state index in [1.165, 1.54) is 20.9 Å². The van der Waals surface area contributed by atoms with Crippen LogP contribution in [0.4, 0.5) is 0 Å². The summed E-state index contributed by atoms with van der Waals surface area (Å²) in [6, 6.07) is 6.50. The smallest absolute Gasteiger partial charge is 0.0468 e. The van der Waals surface area contributed by atoms with Crippen molar-refractivity contribution in [3.05, 3.63) is 34.4 Å². The largest absolute Gasteiger partial charge is 0.361 e. The Bertz CT molecular complexity index is 429. The lowest BCUT2D eigenvalue weighted by molar-refractivity contribution is 0.867. The Kier molecular flexibility index (Phi) is 2.16. The summed E-state index contributed by atoms with van der Waals surface area (Å²) in [5.41, 5.74) is 2.57. The van der Waals surface area contributed by atoms with E-state index in [0.717, 1.165) is 0 Å². The molecule has 0 radical (unpaired) electrons. The molecule has 0 amide bonds. The Morgan fingerprint density at radius 1 is 1.31 bits per heavy atom. The Morgan fingerprint density at radius 2 is 2.08 bits per heavy atom. The molecule has 1 nitrogen and oxygen atoms in total. The fourth-order valence-electron chi connectivity index (χ4n) is 1.48. The molecule has 0 spiro atoms. The molecule has 0 aliphatic rings. The van der Waals surface area contributed by atoms with Crippen LogP contribution in [0.25, 0.3) is 10.9 Å². The zero-order valence-corrected chi connectivity index (χ0v) is 9.35. The SMILES string of the molecule is CC(C)c1cc(Br)c2cc[nH]c2c1. The van der Waals surface area contributed by atoms with E-state index >= 15 is 0 Å². The first-order chi connectivity index (χ1) is 6.18. The average molecular weight is 238 g/mol. The van der Waals surface area contributed by atoms with Crippen molar-refractivity contribution in [3.8, 4) is 0 Å². The van der Waals surface area contributed by atoms with Crippen molar-refractivity contribution in [1.82, 2.24) is 4.98 Å². The number of halogens is 1. The first-order valence-corrected chi connectivity index (χ1v) is 5.24. The van der Waals surface area contributed by atoms with E-state index in [0.29, 0.717) is 5.92 Å². The molecule has 13 heavy (non-hydrogen) atoms. The minimum Gasteiger partial charge on any atom is -0.361 e. The molecule has 1 N–H and O–H groups in total. The Hall–Kier alpha value is -0.760. The number of aromatic nitrogens is 1. The predicted octanol–water partition coefficient (Wildman–Crippen LogP) is 4.05. The Morgan fingerprint density at radius 3 is 2.77 bits per heavy atom. The minimum atomic E-state index is 0.573. The van der Waals surface area contributed by atoms with Gasteiger partial charge in [-0.05, 0) is 29.7 Å². The van der Waals surface area contributed by atoms with Crippen LogP contribution in [0.3, 0.4) is 0 Å². The number of H-pyrrole nitrogens is 1. The van der Waals surface area contributed by atoms with Crippen molar-refractivity contribution in [2.75, 3.05) is 0 Å². The summed E-state index contributed by atoms with van der Waals surface area (Å²) in [6.07, 6.45) is 1.97. The molecule has 0 atom stereocenters. The van der Waals surface area contributed by atoms with Gasteiger partial charge in [-0.1, -0.05) is 29.8 Å². The molecule has 0 saturated carbocycles. The molecule has 0 saturated heterocycles. The molecule has 68 valence electrons. The summed E-state index contributed by atoms with van der Waals surface area (Å²) >= 11 is 3.58. The maximum Gasteiger partial charge on any atom is 0.0468 e. The highest BCUT2D eigenvalue weighted by atomic mass is 79.9. The molecular formula is C11H12BrN. The van der Waals surface area contributed by atoms with Crippen LogP contribution in [0.5, 0.6) is 0 Å². The zero-order valence-electron chi connectivity index (χ0n) is 7.76. The third-order valence-corrected chi connectivity index (χ3v) is 2.96. The third-order valence-electron chi connectivity index (χ3n) is 2.31. The van der Waals surface area contributed by atoms with Crippen LogP contribution in [0.15, 0.2) is 28.9 Å². The van der Waals surface area contributed by atoms with Crippen molar-refractivity contribution in [2.45, 2.75) is 19.8 Å². The number of aromatic amines is 1. The molecule has 2 rings (SSSR count). The van der Waals surface area contributed by atoms with Crippen LogP contribution in [-0.4, -0.2) is 4.98 Å². The monoisotopic (exact) mass is 237 g/mol. The van der Waals surface area contributed by atoms with E-state index in [-0.39, 0.29) is 0 Å². The van der Waals surface area contributed by atoms with Gasteiger partial charge in [-0.3, -0.25) is 0 Å². The summed E-state index contributed by atoms with van der Waals surface area (Å²) in [4.78, 5) is 3.23. The van der Waals surface area contributed by atoms with Gasteiger partial charge in [-0.2, -0.15) is 0 Å². The quantitative estimate of drug-likeness (QED) is 0.771. The van der Waals surface area contributed by atoms with Gasteiger partial charge in [0.25, 0.3) is 0 Å². The molecule has 0 aliphatic heterocycles. The van der Waals surface area contributed by atoms with Gasteiger partial charge in [-0.15, -0.1) is 0 Å². The topological polar surface area (TPSA) is 15.8 Å². The van der Waals surface area contributed by atoms with Crippen molar-refractivity contribution >= 4 is 26.8 Å². The highest BCUT2D eigenvalue weighted by molar-refractivity contribution is 9.10. The summed E-state index contributed by atoms with van der Waals surface area (Å²) in [5, 5.41) is 1.25. The van der Waals surface area contributed by atoms with E-state index in [4.69, 9.17) is 0 Å². The lowest BCUT2D eigenvalue weighted by Gasteiger charge is -2.06. The van der Waals surface area contributed by atoms with Crippen molar-refractivity contribution in [3.63, 3.8) is 0 Å². The van der Waals surface area contributed by atoms with Crippen LogP contribution in [0.2, 0.25) is 0 Å². The first-order valence-electron chi connectivity index (χ1n) is 4.45. The van der Waals surface area contributed by atoms with E-state index in [2.05, 4.69) is 53.0 Å². The molecule has 0 unspecified atom stereocenters. The number of nitrogens with one attached hydrogen (secondary N) is 1. The van der Waals surface area contributed by atoms with Gasteiger partial charge in [0, 0.05) is 21.6 Å². The molecule has 0 fully saturated rings. The van der Waals surface area contributed by atoms with E-state index in [9.17, 15) is 0 Å². The Balaban J connectivity index is 2.70. The number of fused-ring (bicyclic) bond motifs is 1. The number of benzene rings is 1. The fraction of sp³-hybridized carbons (Fsp3) is 0.273. The van der Waals surface area contributed by atoms with Crippen molar-refractivity contribution in [1.29, 1.82) is 0 Å². The summed E-state index contributed by atoms with van der Waals surface area (Å²) < 4.78 is 1.18. The van der Waals surface area contributed by atoms with Gasteiger partial charge >= 0.3 is 0 Å². The van der Waals surface area contributed by atoms with E-state index in [1.807, 2.05) is 6.20 Å². The van der Waals surface area contributed by atoms with Crippen LogP contribution >= 0.6 is 15.9 Å². The second-order valence-electron chi connectivity index (χ2n) is 3.60. The van der Waals surface area contributed by atoms with Gasteiger partial charge in [0.15, 0.2) is 0 Å². The molecule has 0 aliphatic carbocycles. The number of hydrogen-bond donors (Lipinski definition) is 1. The summed E-state index contributed by atoms with van der Waals surface area (Å²) in [5.74, 6) is 0.573. The van der Waals surface area contributed by atoms with Crippen LogP contribution in [-0.2, 0) is 0 Å². The molecule has 1 aromatic heterocycles. The van der Waals surface area contributed by atoms with Crippen LogP contribution in [0.1, 0.15) is 25.3 Å². The molecule has 1 aromatic carbocycles.